The van der Waals surface area contributed by atoms with Gasteiger partial charge in [-0.25, -0.2) is 0 Å². The van der Waals surface area contributed by atoms with E-state index in [-0.39, 0.29) is 10.8 Å². The first-order valence-corrected chi connectivity index (χ1v) is 7.66. The molecule has 0 aliphatic rings. The highest BCUT2D eigenvalue weighted by atomic mass is 35.5. The molecular weight excluding hydrogens is 293 g/mol. The third kappa shape index (κ3) is 4.41. The maximum absolute atomic E-state index is 10.6. The highest BCUT2D eigenvalue weighted by molar-refractivity contribution is 7.67. The Bertz CT molecular complexity index is 454. The van der Waals surface area contributed by atoms with Gasteiger partial charge in [0.25, 0.3) is 0 Å². The van der Waals surface area contributed by atoms with Gasteiger partial charge in [-0.15, -0.1) is 0 Å². The zero-order valence-corrected chi connectivity index (χ0v) is 10.6. The summed E-state index contributed by atoms with van der Waals surface area (Å²) in [5.41, 5.74) is -2.96. The van der Waals surface area contributed by atoms with Crippen LogP contribution in [-0.2, 0) is 9.13 Å². The molecule has 0 heterocycles. The minimum Gasteiger partial charge on any atom is -0.808 e. The lowest BCUT2D eigenvalue weighted by atomic mass is 10.3. The molecule has 0 amide bonds. The summed E-state index contributed by atoms with van der Waals surface area (Å²) in [6.07, 6.45) is 0. The third-order valence-electron chi connectivity index (χ3n) is 1.60. The summed E-state index contributed by atoms with van der Waals surface area (Å²) in [6, 6.07) is 4.80. The fourth-order valence-corrected chi connectivity index (χ4v) is 2.95. The summed E-state index contributed by atoms with van der Waals surface area (Å²) in [5.74, 6) is -0.266. The van der Waals surface area contributed by atoms with Crippen molar-refractivity contribution in [1.82, 2.24) is 0 Å². The fourth-order valence-electron chi connectivity index (χ4n) is 0.937. The molecule has 0 saturated carbocycles. The SMILES string of the molecule is O=P([O-])([O-])C(Oc1ccc(Cl)cc1)P(=O)([O-])[O-]. The lowest BCUT2D eigenvalue weighted by Gasteiger charge is -2.48. The summed E-state index contributed by atoms with van der Waals surface area (Å²) in [4.78, 5) is 42.4. The van der Waals surface area contributed by atoms with E-state index in [0.717, 1.165) is 12.1 Å². The van der Waals surface area contributed by atoms with Crippen LogP contribution in [0.25, 0.3) is 0 Å². The van der Waals surface area contributed by atoms with Gasteiger partial charge in [-0.2, -0.15) is 0 Å². The first-order valence-electron chi connectivity index (χ1n) is 4.06. The van der Waals surface area contributed by atoms with Crippen LogP contribution in [0.5, 0.6) is 5.75 Å². The lowest BCUT2D eigenvalue weighted by molar-refractivity contribution is -0.336. The molecule has 96 valence electrons. The first-order chi connectivity index (χ1) is 7.60. The average Bonchev–Trinajstić information content (AvgIpc) is 2.13. The Kier molecular flexibility index (Phi) is 4.38. The minimum atomic E-state index is -5.72. The quantitative estimate of drug-likeness (QED) is 0.639. The van der Waals surface area contributed by atoms with E-state index in [1.54, 1.807) is 0 Å². The number of ether oxygens (including phenoxy) is 1. The standard InChI is InChI=1S/C7H9ClO7P2/c8-5-1-3-6(4-2-5)15-7(16(9,10)11)17(12,13)14/h1-4,7H,(H2,9,10,11)(H2,12,13,14)/p-4. The lowest BCUT2D eigenvalue weighted by Crippen LogP contribution is -2.37. The van der Waals surface area contributed by atoms with Crippen molar-refractivity contribution in [3.8, 4) is 5.75 Å². The van der Waals surface area contributed by atoms with Crippen molar-refractivity contribution in [1.29, 1.82) is 0 Å². The highest BCUT2D eigenvalue weighted by Crippen LogP contribution is 2.50. The summed E-state index contributed by atoms with van der Waals surface area (Å²) < 4.78 is 25.6. The zero-order chi connectivity index (χ0) is 13.3. The van der Waals surface area contributed by atoms with Crippen LogP contribution in [0.2, 0.25) is 5.02 Å². The maximum atomic E-state index is 10.6. The molecule has 0 radical (unpaired) electrons. The van der Waals surface area contributed by atoms with Crippen LogP contribution < -0.4 is 24.3 Å². The van der Waals surface area contributed by atoms with Crippen LogP contribution in [0.15, 0.2) is 24.3 Å². The van der Waals surface area contributed by atoms with Crippen LogP contribution in [0.4, 0.5) is 0 Å². The number of hydrogen-bond donors (Lipinski definition) is 0. The summed E-state index contributed by atoms with van der Waals surface area (Å²) in [7, 11) is -11.4. The average molecular weight is 299 g/mol. The van der Waals surface area contributed by atoms with Crippen LogP contribution >= 0.6 is 26.8 Å². The summed E-state index contributed by atoms with van der Waals surface area (Å²) >= 11 is 5.52. The molecular formula is C7H5ClO7P2-4. The van der Waals surface area contributed by atoms with Crippen molar-refractivity contribution in [3.05, 3.63) is 29.3 Å². The van der Waals surface area contributed by atoms with Crippen LogP contribution in [0.3, 0.4) is 0 Å². The van der Waals surface area contributed by atoms with Crippen molar-refractivity contribution in [2.24, 2.45) is 0 Å². The number of hydrogen-bond acceptors (Lipinski definition) is 7. The molecule has 1 aromatic carbocycles. The molecule has 0 N–H and O–H groups in total. The molecule has 0 aliphatic carbocycles. The Balaban J connectivity index is 3.00. The number of benzene rings is 1. The normalized spacial score (nSPS) is 12.8. The van der Waals surface area contributed by atoms with Gasteiger partial charge in [0.15, 0.2) is 0 Å². The van der Waals surface area contributed by atoms with Crippen LogP contribution in [0.1, 0.15) is 0 Å². The van der Waals surface area contributed by atoms with Gasteiger partial charge in [0.1, 0.15) is 11.3 Å². The van der Waals surface area contributed by atoms with Gasteiger partial charge in [-0.05, 0) is 39.5 Å². The minimum absolute atomic E-state index is 0.266. The Morgan fingerprint density at radius 3 is 1.76 bits per heavy atom. The molecule has 0 spiro atoms. The van der Waals surface area contributed by atoms with E-state index < -0.39 is 20.8 Å². The van der Waals surface area contributed by atoms with Gasteiger partial charge in [-0.3, -0.25) is 0 Å². The van der Waals surface area contributed by atoms with Crippen molar-refractivity contribution in [2.75, 3.05) is 0 Å². The predicted octanol–water partition coefficient (Wildman–Crippen LogP) is -1.17. The molecule has 7 nitrogen and oxygen atoms in total. The Labute approximate surface area is 101 Å². The van der Waals surface area contributed by atoms with Gasteiger partial charge in [-0.1, -0.05) is 11.6 Å². The molecule has 0 atom stereocenters. The summed E-state index contributed by atoms with van der Waals surface area (Å²) in [6.45, 7) is 0. The summed E-state index contributed by atoms with van der Waals surface area (Å²) in [5, 5.41) is 0.286. The fraction of sp³-hybridized carbons (Fsp3) is 0.143. The highest BCUT2D eigenvalue weighted by Gasteiger charge is 2.19. The second-order valence-corrected chi connectivity index (χ2v) is 6.92. The monoisotopic (exact) mass is 298 g/mol. The molecule has 1 rings (SSSR count). The van der Waals surface area contributed by atoms with E-state index in [9.17, 15) is 28.7 Å². The number of rotatable bonds is 4. The van der Waals surface area contributed by atoms with E-state index in [4.69, 9.17) is 11.6 Å². The topological polar surface area (TPSA) is 136 Å². The van der Waals surface area contributed by atoms with Crippen molar-refractivity contribution in [2.45, 2.75) is 5.59 Å². The molecule has 0 saturated heterocycles. The third-order valence-corrected chi connectivity index (χ3v) is 4.84. The molecule has 0 unspecified atom stereocenters. The molecule has 1 aromatic rings. The molecule has 0 aromatic heterocycles. The van der Waals surface area contributed by atoms with E-state index >= 15 is 0 Å². The molecule has 0 aliphatic heterocycles. The Morgan fingerprint density at radius 1 is 1.00 bits per heavy atom. The van der Waals surface area contributed by atoms with E-state index in [1.807, 2.05) is 0 Å². The molecule has 10 heteroatoms. The smallest absolute Gasteiger partial charge is 0.150 e. The van der Waals surface area contributed by atoms with Gasteiger partial charge in [0, 0.05) is 5.02 Å². The Hall–Kier alpha value is -0.390. The predicted molar refractivity (Wildman–Crippen MR) is 51.1 cm³/mol. The largest absolute Gasteiger partial charge is 0.808 e. The van der Waals surface area contributed by atoms with Crippen molar-refractivity contribution < 1.29 is 33.4 Å². The van der Waals surface area contributed by atoms with Crippen molar-refractivity contribution in [3.63, 3.8) is 0 Å². The van der Waals surface area contributed by atoms with Gasteiger partial charge < -0.3 is 33.4 Å². The van der Waals surface area contributed by atoms with Gasteiger partial charge in [0.05, 0.1) is 0 Å². The van der Waals surface area contributed by atoms with Crippen LogP contribution in [-0.4, -0.2) is 5.59 Å². The number of halogens is 1. The second kappa shape index (κ2) is 5.08. The first kappa shape index (κ1) is 14.7. The maximum Gasteiger partial charge on any atom is 0.150 e. The molecule has 0 bridgehead atoms. The zero-order valence-electron chi connectivity index (χ0n) is 8.02. The van der Waals surface area contributed by atoms with Gasteiger partial charge >= 0.3 is 0 Å². The second-order valence-electron chi connectivity index (χ2n) is 2.98. The van der Waals surface area contributed by atoms with E-state index in [1.165, 1.54) is 12.1 Å². The Morgan fingerprint density at radius 2 is 1.41 bits per heavy atom. The van der Waals surface area contributed by atoms with E-state index in [0.29, 0.717) is 0 Å². The van der Waals surface area contributed by atoms with Gasteiger partial charge in [0.2, 0.25) is 0 Å². The van der Waals surface area contributed by atoms with E-state index in [2.05, 4.69) is 4.74 Å². The molecule has 17 heavy (non-hydrogen) atoms. The van der Waals surface area contributed by atoms with Crippen molar-refractivity contribution >= 4 is 26.8 Å². The van der Waals surface area contributed by atoms with Crippen LogP contribution in [0, 0.1) is 0 Å². The molecule has 0 fully saturated rings.